The van der Waals surface area contributed by atoms with Crippen LogP contribution in [0.15, 0.2) is 0 Å². The topological polar surface area (TPSA) is 127 Å². The van der Waals surface area contributed by atoms with E-state index in [0.29, 0.717) is 45.2 Å². The zero-order chi connectivity index (χ0) is 19.9. The minimum Gasteiger partial charge on any atom is -0.466 e. The standard InChI is InChI=1S/C15H23NO5.CH4O3S/c1-3-20-14(18)9-16-11-5-10(15(19)21-4-2)6-12(16)8-13(17)7-11;1-5(2,3)4/h10-12H,3-9H2,1-2H3;1H3,(H,2,3,4). The van der Waals surface area contributed by atoms with Gasteiger partial charge in [0.1, 0.15) is 5.78 Å². The van der Waals surface area contributed by atoms with Crippen molar-refractivity contribution in [3.63, 3.8) is 0 Å². The summed E-state index contributed by atoms with van der Waals surface area (Å²) in [6.07, 6.45) is 2.70. The predicted octanol–water partition coefficient (Wildman–Crippen LogP) is 0.429. The Morgan fingerprint density at radius 1 is 1.12 bits per heavy atom. The molecule has 0 aromatic rings. The minimum absolute atomic E-state index is 0.0520. The number of piperidine rings is 2. The molecule has 0 spiro atoms. The summed E-state index contributed by atoms with van der Waals surface area (Å²) in [6, 6.07) is -0.104. The van der Waals surface area contributed by atoms with Gasteiger partial charge in [0.15, 0.2) is 0 Å². The molecule has 2 fully saturated rings. The third-order valence-corrected chi connectivity index (χ3v) is 4.21. The van der Waals surface area contributed by atoms with Crippen LogP contribution in [0.4, 0.5) is 0 Å². The van der Waals surface area contributed by atoms with E-state index in [0.717, 1.165) is 0 Å². The van der Waals surface area contributed by atoms with Crippen molar-refractivity contribution < 1.29 is 36.8 Å². The Labute approximate surface area is 153 Å². The van der Waals surface area contributed by atoms with Gasteiger partial charge in [0.05, 0.1) is 31.9 Å². The normalized spacial score (nSPS) is 25.7. The van der Waals surface area contributed by atoms with Crippen LogP contribution >= 0.6 is 0 Å². The fourth-order valence-electron chi connectivity index (χ4n) is 3.40. The van der Waals surface area contributed by atoms with E-state index in [1.165, 1.54) is 0 Å². The number of hydrogen-bond donors (Lipinski definition) is 1. The number of rotatable bonds is 5. The first kappa shape index (κ1) is 22.5. The second kappa shape index (κ2) is 9.98. The number of esters is 2. The van der Waals surface area contributed by atoms with Crippen LogP contribution in [0.1, 0.15) is 39.5 Å². The molecule has 0 amide bonds. The van der Waals surface area contributed by atoms with Gasteiger partial charge < -0.3 is 9.47 Å². The molecule has 2 unspecified atom stereocenters. The van der Waals surface area contributed by atoms with Crippen LogP contribution in [-0.4, -0.2) is 73.7 Å². The Hall–Kier alpha value is -1.52. The van der Waals surface area contributed by atoms with Gasteiger partial charge in [-0.05, 0) is 26.7 Å². The van der Waals surface area contributed by atoms with E-state index in [-0.39, 0.29) is 42.3 Å². The van der Waals surface area contributed by atoms with Crippen molar-refractivity contribution >= 4 is 27.8 Å². The fourth-order valence-corrected chi connectivity index (χ4v) is 3.40. The zero-order valence-electron chi connectivity index (χ0n) is 15.3. The molecule has 2 bridgehead atoms. The van der Waals surface area contributed by atoms with Crippen molar-refractivity contribution in [3.05, 3.63) is 0 Å². The van der Waals surface area contributed by atoms with Crippen LogP contribution < -0.4 is 0 Å². The maximum atomic E-state index is 11.9. The van der Waals surface area contributed by atoms with Gasteiger partial charge >= 0.3 is 11.9 Å². The van der Waals surface area contributed by atoms with Gasteiger partial charge in [-0.3, -0.25) is 23.8 Å². The van der Waals surface area contributed by atoms with Crippen LogP contribution in [0.5, 0.6) is 0 Å². The van der Waals surface area contributed by atoms with Crippen molar-refractivity contribution in [3.8, 4) is 0 Å². The van der Waals surface area contributed by atoms with Crippen LogP contribution in [-0.2, 0) is 34.0 Å². The summed E-state index contributed by atoms with van der Waals surface area (Å²) in [7, 11) is -3.67. The summed E-state index contributed by atoms with van der Waals surface area (Å²) < 4.78 is 36.0. The van der Waals surface area contributed by atoms with Crippen LogP contribution in [0.25, 0.3) is 0 Å². The molecule has 10 heteroatoms. The molecule has 0 radical (unpaired) electrons. The van der Waals surface area contributed by atoms with Gasteiger partial charge in [-0.1, -0.05) is 0 Å². The van der Waals surface area contributed by atoms with Gasteiger partial charge in [-0.25, -0.2) is 0 Å². The Morgan fingerprint density at radius 2 is 1.58 bits per heavy atom. The summed E-state index contributed by atoms with van der Waals surface area (Å²) in [4.78, 5) is 37.4. The monoisotopic (exact) mass is 393 g/mol. The number of hydrogen-bond acceptors (Lipinski definition) is 8. The molecule has 0 aromatic carbocycles. The van der Waals surface area contributed by atoms with Crippen LogP contribution in [0.2, 0.25) is 0 Å². The number of ketones is 1. The molecule has 9 nitrogen and oxygen atoms in total. The average molecular weight is 393 g/mol. The Balaban J connectivity index is 0.000000597. The highest BCUT2D eigenvalue weighted by atomic mass is 32.2. The average Bonchev–Trinajstić information content (AvgIpc) is 2.46. The highest BCUT2D eigenvalue weighted by Crippen LogP contribution is 2.36. The summed E-state index contributed by atoms with van der Waals surface area (Å²) in [5, 5.41) is 0. The van der Waals surface area contributed by atoms with E-state index in [4.69, 9.17) is 14.0 Å². The molecule has 2 atom stereocenters. The van der Waals surface area contributed by atoms with E-state index in [1.54, 1.807) is 13.8 Å². The van der Waals surface area contributed by atoms with Crippen molar-refractivity contribution in [1.82, 2.24) is 4.90 Å². The smallest absolute Gasteiger partial charge is 0.320 e. The Kier molecular flexibility index (Phi) is 8.65. The van der Waals surface area contributed by atoms with Gasteiger partial charge in [0.25, 0.3) is 10.1 Å². The maximum absolute atomic E-state index is 11.9. The zero-order valence-corrected chi connectivity index (χ0v) is 16.2. The number of ether oxygens (including phenoxy) is 2. The van der Waals surface area contributed by atoms with E-state index in [2.05, 4.69) is 0 Å². The lowest BCUT2D eigenvalue weighted by atomic mass is 9.78. The molecule has 2 saturated heterocycles. The molecular formula is C16H27NO8S. The molecule has 0 aromatic heterocycles. The van der Waals surface area contributed by atoms with Crippen LogP contribution in [0, 0.1) is 5.92 Å². The van der Waals surface area contributed by atoms with E-state index in [9.17, 15) is 22.8 Å². The SMILES string of the molecule is CCOC(=O)CN1C2CC(=O)CC1CC(C(=O)OCC)C2.CS(=O)(=O)O. The van der Waals surface area contributed by atoms with Gasteiger partial charge in [-0.15, -0.1) is 0 Å². The van der Waals surface area contributed by atoms with Crippen molar-refractivity contribution in [2.45, 2.75) is 51.6 Å². The number of Topliss-reactive ketones (excluding diaryl/α,β-unsaturated/α-hetero) is 1. The lowest BCUT2D eigenvalue weighted by Gasteiger charge is -2.46. The van der Waals surface area contributed by atoms with Crippen molar-refractivity contribution in [2.75, 3.05) is 26.0 Å². The molecule has 26 heavy (non-hydrogen) atoms. The van der Waals surface area contributed by atoms with Crippen molar-refractivity contribution in [1.29, 1.82) is 0 Å². The second-order valence-electron chi connectivity index (χ2n) is 6.39. The van der Waals surface area contributed by atoms with E-state index < -0.39 is 10.1 Å². The van der Waals surface area contributed by atoms with E-state index >= 15 is 0 Å². The highest BCUT2D eigenvalue weighted by molar-refractivity contribution is 7.85. The summed E-state index contributed by atoms with van der Waals surface area (Å²) >= 11 is 0. The number of nitrogens with zero attached hydrogens (tertiary/aromatic N) is 1. The molecule has 2 rings (SSSR count). The minimum atomic E-state index is -3.67. The molecule has 2 heterocycles. The second-order valence-corrected chi connectivity index (χ2v) is 7.85. The fraction of sp³-hybridized carbons (Fsp3) is 0.812. The highest BCUT2D eigenvalue weighted by Gasteiger charge is 2.44. The molecule has 0 aliphatic carbocycles. The molecule has 1 N–H and O–H groups in total. The predicted molar refractivity (Wildman–Crippen MR) is 92.0 cm³/mol. The van der Waals surface area contributed by atoms with Gasteiger partial charge in [-0.2, -0.15) is 8.42 Å². The Bertz CT molecular complexity index is 592. The third kappa shape index (κ3) is 7.79. The molecule has 2 aliphatic heterocycles. The van der Waals surface area contributed by atoms with Gasteiger partial charge in [0.2, 0.25) is 0 Å². The number of carbonyl (C=O) groups is 3. The van der Waals surface area contributed by atoms with E-state index in [1.807, 2.05) is 4.90 Å². The lowest BCUT2D eigenvalue weighted by molar-refractivity contribution is -0.157. The lowest BCUT2D eigenvalue weighted by Crippen LogP contribution is -2.57. The largest absolute Gasteiger partial charge is 0.466 e. The third-order valence-electron chi connectivity index (χ3n) is 4.21. The first-order valence-electron chi connectivity index (χ1n) is 8.57. The van der Waals surface area contributed by atoms with Crippen molar-refractivity contribution in [2.24, 2.45) is 5.92 Å². The summed E-state index contributed by atoms with van der Waals surface area (Å²) in [5.74, 6) is -0.395. The molecule has 150 valence electrons. The molecule has 2 aliphatic rings. The quantitative estimate of drug-likeness (QED) is 0.522. The summed E-state index contributed by atoms with van der Waals surface area (Å²) in [5.41, 5.74) is 0. The Morgan fingerprint density at radius 3 is 2.00 bits per heavy atom. The molecule has 0 saturated carbocycles. The summed E-state index contributed by atoms with van der Waals surface area (Å²) in [6.45, 7) is 4.49. The first-order chi connectivity index (χ1) is 12.0. The first-order valence-corrected chi connectivity index (χ1v) is 10.4. The molecular weight excluding hydrogens is 366 g/mol. The van der Waals surface area contributed by atoms with Crippen LogP contribution in [0.3, 0.4) is 0 Å². The van der Waals surface area contributed by atoms with Gasteiger partial charge in [0, 0.05) is 24.9 Å². The maximum Gasteiger partial charge on any atom is 0.320 e. The number of fused-ring (bicyclic) bond motifs is 2. The number of carbonyl (C=O) groups excluding carboxylic acids is 3.